The summed E-state index contributed by atoms with van der Waals surface area (Å²) in [5.41, 5.74) is 0. The Labute approximate surface area is 165 Å². The highest BCUT2D eigenvalue weighted by Gasteiger charge is 2.37. The van der Waals surface area contributed by atoms with Crippen LogP contribution in [0.1, 0.15) is 99.3 Å². The molecule has 0 heterocycles. The summed E-state index contributed by atoms with van der Waals surface area (Å²) in [6, 6.07) is 0.116. The standard InChI is InChI=1S/C22H47NO2Si/c1-9-10-11-12-13-14-15-16-17-21(24)23-20(19(2)3)18-25-26(7,8)22(4,5)6/h19-20H,9-18H2,1-8H3,(H,23,24)/t20-/m1/s1. The van der Waals surface area contributed by atoms with Crippen LogP contribution < -0.4 is 5.32 Å². The molecular formula is C22H47NO2Si. The van der Waals surface area contributed by atoms with Crippen LogP contribution in [0.3, 0.4) is 0 Å². The molecule has 0 fully saturated rings. The topological polar surface area (TPSA) is 38.3 Å². The molecule has 4 heteroatoms. The number of rotatable bonds is 14. The van der Waals surface area contributed by atoms with Crippen LogP contribution in [0, 0.1) is 5.92 Å². The molecule has 1 N–H and O–H groups in total. The van der Waals surface area contributed by atoms with Crippen molar-refractivity contribution in [1.29, 1.82) is 0 Å². The number of hydrogen-bond acceptors (Lipinski definition) is 2. The fourth-order valence-electron chi connectivity index (χ4n) is 2.61. The summed E-state index contributed by atoms with van der Waals surface area (Å²) < 4.78 is 6.33. The maximum atomic E-state index is 12.3. The highest BCUT2D eigenvalue weighted by molar-refractivity contribution is 6.74. The molecule has 0 aliphatic carbocycles. The molecule has 0 saturated heterocycles. The van der Waals surface area contributed by atoms with Crippen LogP contribution >= 0.6 is 0 Å². The lowest BCUT2D eigenvalue weighted by atomic mass is 10.0. The van der Waals surface area contributed by atoms with Gasteiger partial charge in [0.1, 0.15) is 0 Å². The second kappa shape index (κ2) is 12.9. The van der Waals surface area contributed by atoms with Gasteiger partial charge in [0, 0.05) is 6.42 Å². The van der Waals surface area contributed by atoms with E-state index in [1.807, 2.05) is 0 Å². The largest absolute Gasteiger partial charge is 0.415 e. The molecule has 0 bridgehead atoms. The van der Waals surface area contributed by atoms with Crippen LogP contribution in [0.2, 0.25) is 18.1 Å². The van der Waals surface area contributed by atoms with E-state index in [1.165, 1.54) is 44.9 Å². The van der Waals surface area contributed by atoms with Crippen LogP contribution in [0.4, 0.5) is 0 Å². The van der Waals surface area contributed by atoms with Gasteiger partial charge >= 0.3 is 0 Å². The molecule has 0 aromatic rings. The van der Waals surface area contributed by atoms with Gasteiger partial charge in [-0.05, 0) is 30.5 Å². The van der Waals surface area contributed by atoms with Gasteiger partial charge in [-0.1, -0.05) is 86.5 Å². The zero-order valence-corrected chi connectivity index (χ0v) is 20.0. The first-order valence-corrected chi connectivity index (χ1v) is 13.9. The lowest BCUT2D eigenvalue weighted by molar-refractivity contribution is -0.122. The molecular weight excluding hydrogens is 338 g/mol. The van der Waals surface area contributed by atoms with E-state index in [-0.39, 0.29) is 17.0 Å². The molecule has 0 unspecified atom stereocenters. The Hall–Kier alpha value is -0.353. The molecule has 0 spiro atoms. The predicted molar refractivity (Wildman–Crippen MR) is 117 cm³/mol. The van der Waals surface area contributed by atoms with E-state index in [2.05, 4.69) is 60.0 Å². The summed E-state index contributed by atoms with van der Waals surface area (Å²) >= 11 is 0. The Morgan fingerprint density at radius 1 is 0.962 bits per heavy atom. The first kappa shape index (κ1) is 25.6. The third kappa shape index (κ3) is 11.4. The third-order valence-electron chi connectivity index (χ3n) is 5.84. The van der Waals surface area contributed by atoms with E-state index < -0.39 is 8.32 Å². The molecule has 156 valence electrons. The Bertz CT molecular complexity index is 375. The second-order valence-electron chi connectivity index (χ2n) is 9.71. The van der Waals surface area contributed by atoms with E-state index in [4.69, 9.17) is 4.43 Å². The second-order valence-corrected chi connectivity index (χ2v) is 14.5. The molecule has 26 heavy (non-hydrogen) atoms. The van der Waals surface area contributed by atoms with Gasteiger partial charge in [0.2, 0.25) is 5.91 Å². The van der Waals surface area contributed by atoms with Gasteiger partial charge in [-0.3, -0.25) is 4.79 Å². The highest BCUT2D eigenvalue weighted by Crippen LogP contribution is 2.36. The van der Waals surface area contributed by atoms with Crippen molar-refractivity contribution >= 4 is 14.2 Å². The van der Waals surface area contributed by atoms with Gasteiger partial charge < -0.3 is 9.74 Å². The predicted octanol–water partition coefficient (Wildman–Crippen LogP) is 6.68. The average molecular weight is 386 g/mol. The molecule has 0 aliphatic rings. The first-order chi connectivity index (χ1) is 12.0. The lowest BCUT2D eigenvalue weighted by Gasteiger charge is -2.38. The molecule has 0 rings (SSSR count). The fourth-order valence-corrected chi connectivity index (χ4v) is 3.64. The SMILES string of the molecule is CCCCCCCCCCC(=O)N[C@H](CO[Si](C)(C)C(C)(C)C)C(C)C. The minimum atomic E-state index is -1.77. The molecule has 1 amide bonds. The van der Waals surface area contributed by atoms with E-state index in [0.717, 1.165) is 6.42 Å². The van der Waals surface area contributed by atoms with Crippen molar-refractivity contribution in [1.82, 2.24) is 5.32 Å². The number of amides is 1. The van der Waals surface area contributed by atoms with Crippen molar-refractivity contribution in [2.75, 3.05) is 6.61 Å². The molecule has 0 aliphatic heterocycles. The number of carbonyl (C=O) groups excluding carboxylic acids is 1. The van der Waals surface area contributed by atoms with Gasteiger partial charge in [0.25, 0.3) is 0 Å². The smallest absolute Gasteiger partial charge is 0.220 e. The van der Waals surface area contributed by atoms with E-state index in [1.54, 1.807) is 0 Å². The third-order valence-corrected chi connectivity index (χ3v) is 10.3. The average Bonchev–Trinajstić information content (AvgIpc) is 2.52. The van der Waals surface area contributed by atoms with Crippen molar-refractivity contribution in [3.8, 4) is 0 Å². The molecule has 0 aromatic heterocycles. The number of unbranched alkanes of at least 4 members (excludes halogenated alkanes) is 7. The van der Waals surface area contributed by atoms with Crippen molar-refractivity contribution in [3.63, 3.8) is 0 Å². The van der Waals surface area contributed by atoms with Crippen molar-refractivity contribution in [2.45, 2.75) is 124 Å². The van der Waals surface area contributed by atoms with Crippen LogP contribution in [0.15, 0.2) is 0 Å². The summed E-state index contributed by atoms with van der Waals surface area (Å²) in [4.78, 5) is 12.3. The molecule has 3 nitrogen and oxygen atoms in total. The zero-order valence-electron chi connectivity index (χ0n) is 19.0. The van der Waals surface area contributed by atoms with Crippen LogP contribution in [-0.2, 0) is 9.22 Å². The maximum Gasteiger partial charge on any atom is 0.220 e. The van der Waals surface area contributed by atoms with Crippen molar-refractivity contribution < 1.29 is 9.22 Å². The van der Waals surface area contributed by atoms with Crippen molar-refractivity contribution in [3.05, 3.63) is 0 Å². The molecule has 0 aromatic carbocycles. The van der Waals surface area contributed by atoms with Crippen LogP contribution in [0.5, 0.6) is 0 Å². The van der Waals surface area contributed by atoms with E-state index >= 15 is 0 Å². The normalized spacial score (nSPS) is 13.9. The Balaban J connectivity index is 4.09. The summed E-state index contributed by atoms with van der Waals surface area (Å²) in [5.74, 6) is 0.579. The van der Waals surface area contributed by atoms with Crippen LogP contribution in [-0.4, -0.2) is 26.9 Å². The summed E-state index contributed by atoms with van der Waals surface area (Å²) in [5, 5.41) is 3.42. The summed E-state index contributed by atoms with van der Waals surface area (Å²) in [7, 11) is -1.77. The monoisotopic (exact) mass is 385 g/mol. The Morgan fingerprint density at radius 2 is 1.46 bits per heavy atom. The minimum Gasteiger partial charge on any atom is -0.415 e. The number of carbonyl (C=O) groups is 1. The quantitative estimate of drug-likeness (QED) is 0.267. The molecule has 1 atom stereocenters. The van der Waals surface area contributed by atoms with Crippen molar-refractivity contribution in [2.24, 2.45) is 5.92 Å². The first-order valence-electron chi connectivity index (χ1n) is 10.9. The van der Waals surface area contributed by atoms with E-state index in [0.29, 0.717) is 18.9 Å². The van der Waals surface area contributed by atoms with Crippen LogP contribution in [0.25, 0.3) is 0 Å². The Morgan fingerprint density at radius 3 is 1.92 bits per heavy atom. The van der Waals surface area contributed by atoms with Gasteiger partial charge in [0.15, 0.2) is 8.32 Å². The number of nitrogens with one attached hydrogen (secondary N) is 1. The summed E-state index contributed by atoms with van der Waals surface area (Å²) in [6.45, 7) is 18.5. The van der Waals surface area contributed by atoms with E-state index in [9.17, 15) is 4.79 Å². The van der Waals surface area contributed by atoms with Gasteiger partial charge in [-0.15, -0.1) is 0 Å². The Kier molecular flexibility index (Phi) is 12.8. The maximum absolute atomic E-state index is 12.3. The zero-order chi connectivity index (χ0) is 20.2. The van der Waals surface area contributed by atoms with Gasteiger partial charge in [-0.25, -0.2) is 0 Å². The lowest BCUT2D eigenvalue weighted by Crippen LogP contribution is -2.48. The van der Waals surface area contributed by atoms with Gasteiger partial charge in [-0.2, -0.15) is 0 Å². The highest BCUT2D eigenvalue weighted by atomic mass is 28.4. The minimum absolute atomic E-state index is 0.116. The molecule has 0 radical (unpaired) electrons. The van der Waals surface area contributed by atoms with Gasteiger partial charge in [0.05, 0.1) is 12.6 Å². The molecule has 0 saturated carbocycles. The number of hydrogen-bond donors (Lipinski definition) is 1. The fraction of sp³-hybridized carbons (Fsp3) is 0.955. The summed E-state index contributed by atoms with van der Waals surface area (Å²) in [6.07, 6.45) is 10.8.